The molecule has 0 aliphatic heterocycles. The third-order valence-electron chi connectivity index (χ3n) is 3.24. The van der Waals surface area contributed by atoms with Crippen LogP contribution >= 0.6 is 35.6 Å². The van der Waals surface area contributed by atoms with E-state index in [4.69, 9.17) is 26.8 Å². The highest BCUT2D eigenvalue weighted by Crippen LogP contribution is 2.27. The maximum absolute atomic E-state index is 6.07. The molecule has 0 aromatic heterocycles. The van der Waals surface area contributed by atoms with Gasteiger partial charge in [0, 0.05) is 18.8 Å². The van der Waals surface area contributed by atoms with Crippen molar-refractivity contribution in [2.75, 3.05) is 25.6 Å². The van der Waals surface area contributed by atoms with E-state index in [2.05, 4.69) is 24.2 Å². The molecule has 132 valence electrons. The lowest BCUT2D eigenvalue weighted by molar-refractivity contribution is 0.0266. The van der Waals surface area contributed by atoms with Crippen LogP contribution in [0.2, 0.25) is 5.02 Å². The van der Waals surface area contributed by atoms with Gasteiger partial charge in [0.25, 0.3) is 0 Å². The van der Waals surface area contributed by atoms with Gasteiger partial charge in [0.2, 0.25) is 0 Å². The molecule has 1 rings (SSSR count). The molecule has 0 heterocycles. The number of nitrogens with two attached hydrogens (primary N) is 1. The van der Waals surface area contributed by atoms with Crippen molar-refractivity contribution in [1.82, 2.24) is 0 Å². The number of hydrogen-bond donors (Lipinski definition) is 2. The van der Waals surface area contributed by atoms with E-state index in [0.717, 1.165) is 12.1 Å². The Hall–Kier alpha value is -0.730. The largest absolute Gasteiger partial charge is 0.495 e. The van der Waals surface area contributed by atoms with Crippen LogP contribution in [-0.4, -0.2) is 32.3 Å². The molecule has 5 nitrogen and oxygen atoms in total. The lowest BCUT2D eigenvalue weighted by Crippen LogP contribution is -2.25. The van der Waals surface area contributed by atoms with Gasteiger partial charge in [-0.15, -0.1) is 24.0 Å². The summed E-state index contributed by atoms with van der Waals surface area (Å²) in [6.45, 7) is 7.62. The first-order valence-electron chi connectivity index (χ1n) is 7.50. The summed E-state index contributed by atoms with van der Waals surface area (Å²) in [5, 5.41) is 3.54. The SMILES string of the molecule is CCOC(CCN=C(N)Nc1ccc(OC)c(Cl)c1)C(C)C.I. The molecule has 1 aromatic rings. The molecular formula is C16H27ClIN3O2. The molecule has 1 aromatic carbocycles. The van der Waals surface area contributed by atoms with Gasteiger partial charge in [-0.1, -0.05) is 25.4 Å². The van der Waals surface area contributed by atoms with Crippen LogP contribution in [0.4, 0.5) is 5.69 Å². The topological polar surface area (TPSA) is 68.9 Å². The zero-order chi connectivity index (χ0) is 16.5. The predicted octanol–water partition coefficient (Wildman–Crippen LogP) is 4.14. The second-order valence-corrected chi connectivity index (χ2v) is 5.67. The summed E-state index contributed by atoms with van der Waals surface area (Å²) in [5.41, 5.74) is 6.66. The Balaban J connectivity index is 0.00000484. The molecule has 0 amide bonds. The molecule has 0 saturated heterocycles. The monoisotopic (exact) mass is 455 g/mol. The van der Waals surface area contributed by atoms with Crippen molar-refractivity contribution in [2.45, 2.75) is 33.3 Å². The summed E-state index contributed by atoms with van der Waals surface area (Å²) in [6.07, 6.45) is 1.05. The molecule has 0 fully saturated rings. The molecule has 23 heavy (non-hydrogen) atoms. The molecule has 0 bridgehead atoms. The lowest BCUT2D eigenvalue weighted by atomic mass is 10.0. The zero-order valence-electron chi connectivity index (χ0n) is 14.1. The second-order valence-electron chi connectivity index (χ2n) is 5.27. The number of ether oxygens (including phenoxy) is 2. The summed E-state index contributed by atoms with van der Waals surface area (Å²) in [7, 11) is 1.58. The minimum absolute atomic E-state index is 0. The number of hydrogen-bond acceptors (Lipinski definition) is 3. The van der Waals surface area contributed by atoms with E-state index in [9.17, 15) is 0 Å². The molecule has 0 aliphatic carbocycles. The van der Waals surface area contributed by atoms with Gasteiger partial charge in [-0.3, -0.25) is 4.99 Å². The van der Waals surface area contributed by atoms with Gasteiger partial charge in [-0.05, 0) is 37.5 Å². The quantitative estimate of drug-likeness (QED) is 0.351. The van der Waals surface area contributed by atoms with Gasteiger partial charge >= 0.3 is 0 Å². The number of halogens is 2. The number of anilines is 1. The summed E-state index contributed by atoms with van der Waals surface area (Å²) >= 11 is 6.07. The predicted molar refractivity (Wildman–Crippen MR) is 108 cm³/mol. The third-order valence-corrected chi connectivity index (χ3v) is 3.54. The Kier molecular flexibility index (Phi) is 11.4. The highest BCUT2D eigenvalue weighted by Gasteiger charge is 2.12. The van der Waals surface area contributed by atoms with Crippen molar-refractivity contribution in [2.24, 2.45) is 16.6 Å². The molecule has 0 radical (unpaired) electrons. The highest BCUT2D eigenvalue weighted by molar-refractivity contribution is 14.0. The molecule has 3 N–H and O–H groups in total. The molecule has 0 saturated carbocycles. The van der Waals surface area contributed by atoms with Gasteiger partial charge in [-0.2, -0.15) is 0 Å². The fraction of sp³-hybridized carbons (Fsp3) is 0.562. The van der Waals surface area contributed by atoms with Crippen LogP contribution in [0.3, 0.4) is 0 Å². The summed E-state index contributed by atoms with van der Waals surface area (Å²) in [4.78, 5) is 4.33. The first-order valence-corrected chi connectivity index (χ1v) is 7.87. The zero-order valence-corrected chi connectivity index (χ0v) is 17.2. The minimum Gasteiger partial charge on any atom is -0.495 e. The van der Waals surface area contributed by atoms with E-state index in [0.29, 0.717) is 35.8 Å². The van der Waals surface area contributed by atoms with Gasteiger partial charge in [0.1, 0.15) is 5.75 Å². The van der Waals surface area contributed by atoms with Crippen LogP contribution in [0.15, 0.2) is 23.2 Å². The lowest BCUT2D eigenvalue weighted by Gasteiger charge is -2.19. The highest BCUT2D eigenvalue weighted by atomic mass is 127. The van der Waals surface area contributed by atoms with Crippen molar-refractivity contribution >= 4 is 47.2 Å². The standard InChI is InChI=1S/C16H26ClN3O2.HI/c1-5-22-14(11(2)3)8-9-19-16(18)20-12-6-7-15(21-4)13(17)10-12;/h6-7,10-11,14H,5,8-9H2,1-4H3,(H3,18,19,20);1H. The van der Waals surface area contributed by atoms with E-state index in [-0.39, 0.29) is 30.1 Å². The smallest absolute Gasteiger partial charge is 0.193 e. The number of aliphatic imine (C=N–C) groups is 1. The van der Waals surface area contributed by atoms with E-state index < -0.39 is 0 Å². The summed E-state index contributed by atoms with van der Waals surface area (Å²) in [5.74, 6) is 1.45. The molecule has 1 atom stereocenters. The fourth-order valence-electron chi connectivity index (χ4n) is 2.07. The van der Waals surface area contributed by atoms with E-state index in [1.54, 1.807) is 19.2 Å². The van der Waals surface area contributed by atoms with Crippen molar-refractivity contribution in [1.29, 1.82) is 0 Å². The van der Waals surface area contributed by atoms with Crippen LogP contribution in [-0.2, 0) is 4.74 Å². The van der Waals surface area contributed by atoms with Crippen LogP contribution in [0.1, 0.15) is 27.2 Å². The Morgan fingerprint density at radius 1 is 1.39 bits per heavy atom. The number of nitrogens with zero attached hydrogens (tertiary/aromatic N) is 1. The minimum atomic E-state index is 0. The van der Waals surface area contributed by atoms with Crippen LogP contribution in [0, 0.1) is 5.92 Å². The van der Waals surface area contributed by atoms with E-state index in [1.165, 1.54) is 0 Å². The second kappa shape index (κ2) is 11.8. The fourth-order valence-corrected chi connectivity index (χ4v) is 2.32. The molecule has 0 aliphatic rings. The summed E-state index contributed by atoms with van der Waals surface area (Å²) in [6, 6.07) is 5.37. The molecule has 1 unspecified atom stereocenters. The first kappa shape index (κ1) is 22.3. The number of guanidine groups is 1. The van der Waals surface area contributed by atoms with Crippen molar-refractivity contribution in [3.8, 4) is 5.75 Å². The maximum Gasteiger partial charge on any atom is 0.193 e. The molecular weight excluding hydrogens is 429 g/mol. The average Bonchev–Trinajstić information content (AvgIpc) is 2.46. The van der Waals surface area contributed by atoms with Gasteiger partial charge in [-0.25, -0.2) is 0 Å². The number of nitrogens with one attached hydrogen (secondary N) is 1. The first-order chi connectivity index (χ1) is 10.5. The number of methoxy groups -OCH3 is 1. The van der Waals surface area contributed by atoms with Crippen molar-refractivity contribution in [3.05, 3.63) is 23.2 Å². The van der Waals surface area contributed by atoms with Gasteiger partial charge < -0.3 is 20.5 Å². The van der Waals surface area contributed by atoms with Gasteiger partial charge in [0.15, 0.2) is 5.96 Å². The van der Waals surface area contributed by atoms with Crippen LogP contribution < -0.4 is 15.8 Å². The molecule has 0 spiro atoms. The van der Waals surface area contributed by atoms with E-state index >= 15 is 0 Å². The Morgan fingerprint density at radius 2 is 2.09 bits per heavy atom. The maximum atomic E-state index is 6.07. The normalized spacial score (nSPS) is 12.7. The number of rotatable bonds is 8. The van der Waals surface area contributed by atoms with Crippen LogP contribution in [0.25, 0.3) is 0 Å². The van der Waals surface area contributed by atoms with Gasteiger partial charge in [0.05, 0.1) is 18.2 Å². The Bertz CT molecular complexity index is 498. The number of benzene rings is 1. The van der Waals surface area contributed by atoms with Crippen LogP contribution in [0.5, 0.6) is 5.75 Å². The van der Waals surface area contributed by atoms with E-state index in [1.807, 2.05) is 13.0 Å². The Morgan fingerprint density at radius 3 is 2.61 bits per heavy atom. The third kappa shape index (κ3) is 8.08. The Labute approximate surface area is 161 Å². The van der Waals surface area contributed by atoms with Crippen molar-refractivity contribution < 1.29 is 9.47 Å². The average molecular weight is 456 g/mol. The molecule has 7 heteroatoms. The summed E-state index contributed by atoms with van der Waals surface area (Å²) < 4.78 is 10.8. The van der Waals surface area contributed by atoms with Crippen molar-refractivity contribution in [3.63, 3.8) is 0 Å².